The Labute approximate surface area is 222 Å². The number of carbonyl (C=O) groups is 3. The first-order chi connectivity index (χ1) is 18.3. The maximum Gasteiger partial charge on any atom is 0.325 e. The molecule has 0 bridgehead atoms. The number of hydrogen-bond donors (Lipinski definition) is 2. The topological polar surface area (TPSA) is 121 Å². The van der Waals surface area contributed by atoms with Gasteiger partial charge in [0.1, 0.15) is 24.1 Å². The zero-order chi connectivity index (χ0) is 27.7. The Kier molecular flexibility index (Phi) is 9.86. The molecule has 0 saturated heterocycles. The van der Waals surface area contributed by atoms with Crippen molar-refractivity contribution in [2.75, 3.05) is 27.9 Å². The van der Waals surface area contributed by atoms with Crippen LogP contribution in [-0.4, -0.2) is 61.5 Å². The molecule has 1 unspecified atom stereocenters. The third kappa shape index (κ3) is 7.12. The van der Waals surface area contributed by atoms with E-state index in [0.717, 1.165) is 5.56 Å². The highest BCUT2D eigenvalue weighted by atomic mass is 16.5. The van der Waals surface area contributed by atoms with Gasteiger partial charge >= 0.3 is 5.97 Å². The summed E-state index contributed by atoms with van der Waals surface area (Å²) >= 11 is 0. The van der Waals surface area contributed by atoms with E-state index >= 15 is 0 Å². The molecule has 0 fully saturated rings. The van der Waals surface area contributed by atoms with Crippen LogP contribution in [-0.2, 0) is 27.3 Å². The smallest absolute Gasteiger partial charge is 0.325 e. The normalized spacial score (nSPS) is 11.5. The maximum absolute atomic E-state index is 13.4. The lowest BCUT2D eigenvalue weighted by molar-refractivity contribution is -0.141. The molecule has 38 heavy (non-hydrogen) atoms. The molecule has 3 aromatic rings. The summed E-state index contributed by atoms with van der Waals surface area (Å²) in [5.41, 5.74) is 2.29. The van der Waals surface area contributed by atoms with Gasteiger partial charge in [-0.05, 0) is 29.7 Å². The molecule has 0 aliphatic carbocycles. The van der Waals surface area contributed by atoms with Crippen LogP contribution < -0.4 is 20.1 Å². The summed E-state index contributed by atoms with van der Waals surface area (Å²) in [4.78, 5) is 37.9. The minimum atomic E-state index is -0.950. The molecule has 3 rings (SSSR count). The molecule has 1 heterocycles. The monoisotopic (exact) mass is 522 g/mol. The number of esters is 1. The predicted molar refractivity (Wildman–Crippen MR) is 142 cm³/mol. The molecule has 2 aromatic carbocycles. The molecule has 2 amide bonds. The summed E-state index contributed by atoms with van der Waals surface area (Å²) in [7, 11) is 4.37. The Balaban J connectivity index is 1.95. The van der Waals surface area contributed by atoms with Crippen molar-refractivity contribution in [3.8, 4) is 22.8 Å². The molecule has 1 aromatic heterocycles. The van der Waals surface area contributed by atoms with E-state index in [1.165, 1.54) is 7.11 Å². The Bertz CT molecular complexity index is 1230. The van der Waals surface area contributed by atoms with Crippen LogP contribution in [0.3, 0.4) is 0 Å². The quantitative estimate of drug-likeness (QED) is 0.351. The van der Waals surface area contributed by atoms with Gasteiger partial charge in [-0.15, -0.1) is 0 Å². The average molecular weight is 523 g/mol. The van der Waals surface area contributed by atoms with E-state index in [9.17, 15) is 14.4 Å². The number of hydrogen-bond acceptors (Lipinski definition) is 7. The van der Waals surface area contributed by atoms with Crippen molar-refractivity contribution < 1.29 is 28.6 Å². The fraction of sp³-hybridized carbons (Fsp3) is 0.357. The van der Waals surface area contributed by atoms with Gasteiger partial charge in [-0.25, -0.2) is 0 Å². The average Bonchev–Trinajstić information content (AvgIpc) is 3.33. The van der Waals surface area contributed by atoms with E-state index in [4.69, 9.17) is 9.47 Å². The summed E-state index contributed by atoms with van der Waals surface area (Å²) < 4.78 is 17.5. The van der Waals surface area contributed by atoms with Gasteiger partial charge in [-0.1, -0.05) is 50.2 Å². The van der Waals surface area contributed by atoms with E-state index < -0.39 is 23.8 Å². The Morgan fingerprint density at radius 1 is 0.947 bits per heavy atom. The number of aromatic nitrogens is 2. The maximum atomic E-state index is 13.4. The molecule has 0 spiro atoms. The van der Waals surface area contributed by atoms with E-state index in [1.54, 1.807) is 25.0 Å². The second-order valence-corrected chi connectivity index (χ2v) is 9.04. The van der Waals surface area contributed by atoms with Gasteiger partial charge in [0.15, 0.2) is 5.69 Å². The van der Waals surface area contributed by atoms with Gasteiger partial charge in [0.25, 0.3) is 5.91 Å². The van der Waals surface area contributed by atoms with Crippen molar-refractivity contribution in [2.45, 2.75) is 32.9 Å². The van der Waals surface area contributed by atoms with Crippen LogP contribution >= 0.6 is 0 Å². The summed E-state index contributed by atoms with van der Waals surface area (Å²) in [5.74, 6) is -0.250. The molecule has 0 radical (unpaired) electrons. The van der Waals surface area contributed by atoms with E-state index in [0.29, 0.717) is 29.3 Å². The number of nitrogens with zero attached hydrogens (tertiary/aromatic N) is 2. The molecule has 202 valence electrons. The molecule has 2 N–H and O–H groups in total. The lowest BCUT2D eigenvalue weighted by Gasteiger charge is -2.18. The van der Waals surface area contributed by atoms with Gasteiger partial charge in [0.05, 0.1) is 32.6 Å². The summed E-state index contributed by atoms with van der Waals surface area (Å²) in [6.07, 6.45) is 0.222. The molecule has 10 nitrogen and oxygen atoms in total. The summed E-state index contributed by atoms with van der Waals surface area (Å²) in [5, 5.41) is 9.88. The van der Waals surface area contributed by atoms with Gasteiger partial charge in [0, 0.05) is 13.0 Å². The third-order valence-corrected chi connectivity index (χ3v) is 5.77. The van der Waals surface area contributed by atoms with Gasteiger partial charge in [-0.2, -0.15) is 5.10 Å². The van der Waals surface area contributed by atoms with Crippen LogP contribution in [0.4, 0.5) is 0 Å². The minimum Gasteiger partial charge on any atom is -0.496 e. The van der Waals surface area contributed by atoms with Crippen molar-refractivity contribution in [1.82, 2.24) is 20.4 Å². The lowest BCUT2D eigenvalue weighted by atomic mass is 10.0. The standard InChI is InChI=1S/C28H34N4O6/c1-18(2)17-32-22(26-23(36-3)12-9-13-24(26)37-4)15-21(31-32)28(35)30-20(14-19-10-7-6-8-11-19)27(34)29-16-25(33)38-5/h6-13,15,18,20H,14,16-17H2,1-5H3,(H,29,34)(H,30,35). The first-order valence-electron chi connectivity index (χ1n) is 12.3. The SMILES string of the molecule is COC(=O)CNC(=O)C(Cc1ccccc1)NC(=O)c1cc(-c2c(OC)cccc2OC)n(CC(C)C)n1. The van der Waals surface area contributed by atoms with Crippen molar-refractivity contribution in [1.29, 1.82) is 0 Å². The Hall–Kier alpha value is -4.34. The molecule has 0 saturated carbocycles. The minimum absolute atomic E-state index is 0.132. The highest BCUT2D eigenvalue weighted by molar-refractivity contribution is 5.97. The number of benzene rings is 2. The van der Waals surface area contributed by atoms with Crippen molar-refractivity contribution >= 4 is 17.8 Å². The predicted octanol–water partition coefficient (Wildman–Crippen LogP) is 2.85. The summed E-state index contributed by atoms with van der Waals surface area (Å²) in [6, 6.07) is 15.4. The second-order valence-electron chi connectivity index (χ2n) is 9.04. The van der Waals surface area contributed by atoms with Crippen molar-refractivity contribution in [2.24, 2.45) is 5.92 Å². The fourth-order valence-electron chi connectivity index (χ4n) is 3.96. The molecule has 1 atom stereocenters. The largest absolute Gasteiger partial charge is 0.496 e. The third-order valence-electron chi connectivity index (χ3n) is 5.77. The van der Waals surface area contributed by atoms with Crippen LogP contribution in [0.5, 0.6) is 11.5 Å². The Morgan fingerprint density at radius 3 is 2.18 bits per heavy atom. The highest BCUT2D eigenvalue weighted by Gasteiger charge is 2.26. The van der Waals surface area contributed by atoms with E-state index in [2.05, 4.69) is 20.5 Å². The first-order valence-corrected chi connectivity index (χ1v) is 12.3. The van der Waals surface area contributed by atoms with E-state index in [1.807, 2.05) is 62.4 Å². The van der Waals surface area contributed by atoms with Crippen LogP contribution in [0.15, 0.2) is 54.6 Å². The van der Waals surface area contributed by atoms with Gasteiger partial charge in [-0.3, -0.25) is 19.1 Å². The molecule has 0 aliphatic heterocycles. The lowest BCUT2D eigenvalue weighted by Crippen LogP contribution is -2.49. The summed E-state index contributed by atoms with van der Waals surface area (Å²) in [6.45, 7) is 4.33. The Morgan fingerprint density at radius 2 is 1.61 bits per heavy atom. The molecule has 10 heteroatoms. The van der Waals surface area contributed by atoms with Crippen molar-refractivity contribution in [3.63, 3.8) is 0 Å². The number of nitrogens with one attached hydrogen (secondary N) is 2. The number of carbonyl (C=O) groups excluding carboxylic acids is 3. The number of ether oxygens (including phenoxy) is 3. The zero-order valence-corrected chi connectivity index (χ0v) is 22.3. The van der Waals surface area contributed by atoms with Crippen LogP contribution in [0, 0.1) is 5.92 Å². The van der Waals surface area contributed by atoms with Gasteiger partial charge < -0.3 is 24.8 Å². The van der Waals surface area contributed by atoms with E-state index in [-0.39, 0.29) is 24.6 Å². The van der Waals surface area contributed by atoms with Crippen LogP contribution in [0.2, 0.25) is 0 Å². The highest BCUT2D eigenvalue weighted by Crippen LogP contribution is 2.38. The van der Waals surface area contributed by atoms with Crippen LogP contribution in [0.1, 0.15) is 29.9 Å². The second kappa shape index (κ2) is 13.3. The van der Waals surface area contributed by atoms with Crippen molar-refractivity contribution in [3.05, 3.63) is 65.9 Å². The van der Waals surface area contributed by atoms with Gasteiger partial charge in [0.2, 0.25) is 5.91 Å². The number of amides is 2. The number of rotatable bonds is 12. The molecular weight excluding hydrogens is 488 g/mol. The number of methoxy groups -OCH3 is 3. The zero-order valence-electron chi connectivity index (χ0n) is 22.3. The molecule has 0 aliphatic rings. The van der Waals surface area contributed by atoms with Crippen LogP contribution in [0.25, 0.3) is 11.3 Å². The first kappa shape index (κ1) is 28.2. The molecular formula is C28H34N4O6. The fourth-order valence-corrected chi connectivity index (χ4v) is 3.96.